The van der Waals surface area contributed by atoms with E-state index in [-0.39, 0.29) is 30.6 Å². The summed E-state index contributed by atoms with van der Waals surface area (Å²) in [6.07, 6.45) is 4.17. The molecule has 2 aromatic heterocycles. The number of carbonyl (C=O) groups is 1. The number of amides is 1. The van der Waals surface area contributed by atoms with E-state index in [0.717, 1.165) is 19.3 Å². The molecule has 0 radical (unpaired) electrons. The third kappa shape index (κ3) is 3.14. The summed E-state index contributed by atoms with van der Waals surface area (Å²) in [5.74, 6) is -0.0282. The summed E-state index contributed by atoms with van der Waals surface area (Å²) in [7, 11) is 0. The van der Waals surface area contributed by atoms with Crippen LogP contribution in [-0.2, 0) is 11.3 Å². The molecule has 0 aliphatic carbocycles. The van der Waals surface area contributed by atoms with Crippen LogP contribution < -0.4 is 5.69 Å². The van der Waals surface area contributed by atoms with Crippen LogP contribution in [0.5, 0.6) is 0 Å². The molecule has 1 aliphatic heterocycles. The molecular formula is C16H22N4O3. The van der Waals surface area contributed by atoms with Crippen molar-refractivity contribution < 1.29 is 9.90 Å². The number of aliphatic hydroxyl groups excluding tert-OH is 1. The smallest absolute Gasteiger partial charge is 0.350 e. The van der Waals surface area contributed by atoms with Gasteiger partial charge in [0.05, 0.1) is 18.7 Å². The van der Waals surface area contributed by atoms with Crippen molar-refractivity contribution in [1.29, 1.82) is 0 Å². The minimum absolute atomic E-state index is 0.0282. The molecule has 1 aliphatic rings. The minimum Gasteiger partial charge on any atom is -0.391 e. The van der Waals surface area contributed by atoms with Crippen molar-refractivity contribution in [3.05, 3.63) is 34.9 Å². The summed E-state index contributed by atoms with van der Waals surface area (Å²) in [5.41, 5.74) is 0.337. The molecule has 2 aromatic rings. The maximum absolute atomic E-state index is 12.5. The Kier molecular flexibility index (Phi) is 4.47. The first-order valence-electron chi connectivity index (χ1n) is 8.09. The van der Waals surface area contributed by atoms with Gasteiger partial charge in [0.25, 0.3) is 0 Å². The van der Waals surface area contributed by atoms with E-state index in [2.05, 4.69) is 5.10 Å². The van der Waals surface area contributed by atoms with Gasteiger partial charge in [-0.3, -0.25) is 9.20 Å². The van der Waals surface area contributed by atoms with Gasteiger partial charge in [-0.15, -0.1) is 5.10 Å². The SMILES string of the molecule is CC(O)C1CCCCN1C(=O)CCn1nc2ccccn2c1=O. The summed E-state index contributed by atoms with van der Waals surface area (Å²) in [6, 6.07) is 5.23. The molecule has 1 amide bonds. The number of fused-ring (bicyclic) bond motifs is 1. The van der Waals surface area contributed by atoms with E-state index in [4.69, 9.17) is 0 Å². The Bertz CT molecular complexity index is 749. The number of aliphatic hydroxyl groups is 1. The summed E-state index contributed by atoms with van der Waals surface area (Å²) in [6.45, 7) is 2.65. The fraction of sp³-hybridized carbons (Fsp3) is 0.562. The Hall–Kier alpha value is -2.15. The minimum atomic E-state index is -0.530. The standard InChI is InChI=1S/C16H22N4O3/c1-12(21)13-6-2-4-9-18(13)15(22)8-11-20-16(23)19-10-5-3-7-14(19)17-20/h3,5,7,10,12-13,21H,2,4,6,8-9,11H2,1H3. The zero-order valence-corrected chi connectivity index (χ0v) is 13.3. The average molecular weight is 318 g/mol. The first kappa shape index (κ1) is 15.7. The molecule has 1 fully saturated rings. The van der Waals surface area contributed by atoms with E-state index in [9.17, 15) is 14.7 Å². The zero-order chi connectivity index (χ0) is 16.4. The highest BCUT2D eigenvalue weighted by molar-refractivity contribution is 5.76. The van der Waals surface area contributed by atoms with Crippen LogP contribution in [0.4, 0.5) is 0 Å². The van der Waals surface area contributed by atoms with Gasteiger partial charge < -0.3 is 10.0 Å². The first-order chi connectivity index (χ1) is 11.1. The fourth-order valence-electron chi connectivity index (χ4n) is 3.23. The van der Waals surface area contributed by atoms with E-state index in [0.29, 0.717) is 12.2 Å². The molecule has 0 aromatic carbocycles. The lowest BCUT2D eigenvalue weighted by molar-refractivity contribution is -0.138. The zero-order valence-electron chi connectivity index (χ0n) is 13.3. The number of aryl methyl sites for hydroxylation is 1. The molecule has 3 heterocycles. The summed E-state index contributed by atoms with van der Waals surface area (Å²) in [5, 5.41) is 14.1. The maximum Gasteiger partial charge on any atom is 0.350 e. The normalized spacial score (nSPS) is 19.9. The molecule has 2 unspecified atom stereocenters. The largest absolute Gasteiger partial charge is 0.391 e. The van der Waals surface area contributed by atoms with Crippen molar-refractivity contribution in [2.45, 2.75) is 51.3 Å². The lowest BCUT2D eigenvalue weighted by Crippen LogP contribution is -2.49. The second-order valence-corrected chi connectivity index (χ2v) is 6.08. The van der Waals surface area contributed by atoms with Gasteiger partial charge in [-0.05, 0) is 38.3 Å². The summed E-state index contributed by atoms with van der Waals surface area (Å²) < 4.78 is 2.79. The topological polar surface area (TPSA) is 79.8 Å². The number of piperidine rings is 1. The number of nitrogens with zero attached hydrogens (tertiary/aromatic N) is 4. The molecule has 7 heteroatoms. The molecule has 0 bridgehead atoms. The molecule has 7 nitrogen and oxygen atoms in total. The lowest BCUT2D eigenvalue weighted by atomic mass is 9.98. The number of aromatic nitrogens is 3. The van der Waals surface area contributed by atoms with E-state index in [1.165, 1.54) is 9.08 Å². The van der Waals surface area contributed by atoms with Gasteiger partial charge in [-0.1, -0.05) is 6.07 Å². The van der Waals surface area contributed by atoms with Crippen molar-refractivity contribution >= 4 is 11.6 Å². The highest BCUT2D eigenvalue weighted by atomic mass is 16.3. The predicted molar refractivity (Wildman–Crippen MR) is 85.1 cm³/mol. The number of rotatable bonds is 4. The number of hydrogen-bond donors (Lipinski definition) is 1. The van der Waals surface area contributed by atoms with Gasteiger partial charge in [0, 0.05) is 19.2 Å². The van der Waals surface area contributed by atoms with Crippen molar-refractivity contribution in [3.63, 3.8) is 0 Å². The molecule has 0 saturated carbocycles. The van der Waals surface area contributed by atoms with E-state index in [1.54, 1.807) is 30.2 Å². The molecule has 0 spiro atoms. The highest BCUT2D eigenvalue weighted by Crippen LogP contribution is 2.20. The Morgan fingerprint density at radius 1 is 1.43 bits per heavy atom. The third-order valence-electron chi connectivity index (χ3n) is 4.45. The van der Waals surface area contributed by atoms with Crippen LogP contribution in [-0.4, -0.2) is 48.8 Å². The van der Waals surface area contributed by atoms with Gasteiger partial charge in [0.15, 0.2) is 5.65 Å². The summed E-state index contributed by atoms with van der Waals surface area (Å²) >= 11 is 0. The van der Waals surface area contributed by atoms with Crippen molar-refractivity contribution in [3.8, 4) is 0 Å². The molecule has 3 rings (SSSR count). The number of hydrogen-bond acceptors (Lipinski definition) is 4. The van der Waals surface area contributed by atoms with Crippen LogP contribution >= 0.6 is 0 Å². The summed E-state index contributed by atoms with van der Waals surface area (Å²) in [4.78, 5) is 26.4. The predicted octanol–water partition coefficient (Wildman–Crippen LogP) is 0.648. The van der Waals surface area contributed by atoms with E-state index >= 15 is 0 Å². The van der Waals surface area contributed by atoms with Crippen LogP contribution in [0.25, 0.3) is 5.65 Å². The maximum atomic E-state index is 12.5. The van der Waals surface area contributed by atoms with E-state index < -0.39 is 6.10 Å². The van der Waals surface area contributed by atoms with Crippen molar-refractivity contribution in [2.75, 3.05) is 6.54 Å². The van der Waals surface area contributed by atoms with Gasteiger partial charge in [0.2, 0.25) is 5.91 Å². The lowest BCUT2D eigenvalue weighted by Gasteiger charge is -2.37. The monoisotopic (exact) mass is 318 g/mol. The van der Waals surface area contributed by atoms with Crippen LogP contribution in [0.3, 0.4) is 0 Å². The van der Waals surface area contributed by atoms with Crippen LogP contribution in [0.2, 0.25) is 0 Å². The molecule has 1 saturated heterocycles. The number of pyridine rings is 1. The van der Waals surface area contributed by atoms with Crippen LogP contribution in [0.15, 0.2) is 29.2 Å². The van der Waals surface area contributed by atoms with Crippen LogP contribution in [0.1, 0.15) is 32.6 Å². The highest BCUT2D eigenvalue weighted by Gasteiger charge is 2.29. The number of likely N-dealkylation sites (tertiary alicyclic amines) is 1. The average Bonchev–Trinajstić information content (AvgIpc) is 2.89. The Labute approximate surface area is 134 Å². The second kappa shape index (κ2) is 6.54. The Morgan fingerprint density at radius 3 is 3.00 bits per heavy atom. The van der Waals surface area contributed by atoms with Crippen molar-refractivity contribution in [1.82, 2.24) is 19.1 Å². The first-order valence-corrected chi connectivity index (χ1v) is 8.09. The molecular weight excluding hydrogens is 296 g/mol. The fourth-order valence-corrected chi connectivity index (χ4v) is 3.23. The quantitative estimate of drug-likeness (QED) is 0.897. The molecule has 1 N–H and O–H groups in total. The molecule has 23 heavy (non-hydrogen) atoms. The Morgan fingerprint density at radius 2 is 2.26 bits per heavy atom. The molecule has 124 valence electrons. The van der Waals surface area contributed by atoms with Crippen molar-refractivity contribution in [2.24, 2.45) is 0 Å². The van der Waals surface area contributed by atoms with Gasteiger partial charge in [-0.2, -0.15) is 0 Å². The van der Waals surface area contributed by atoms with Gasteiger partial charge in [-0.25, -0.2) is 9.48 Å². The number of carbonyl (C=O) groups excluding carboxylic acids is 1. The van der Waals surface area contributed by atoms with Gasteiger partial charge >= 0.3 is 5.69 Å². The second-order valence-electron chi connectivity index (χ2n) is 6.08. The van der Waals surface area contributed by atoms with Crippen LogP contribution in [0, 0.1) is 0 Å². The molecule has 2 atom stereocenters. The third-order valence-corrected chi connectivity index (χ3v) is 4.45. The Balaban J connectivity index is 1.70. The van der Waals surface area contributed by atoms with E-state index in [1.807, 2.05) is 6.07 Å². The van der Waals surface area contributed by atoms with Gasteiger partial charge in [0.1, 0.15) is 0 Å².